The lowest BCUT2D eigenvalue weighted by molar-refractivity contribution is -0.143. The standard InChI is InChI=1S/C27H30F9N7O3/c1-4-18-12-20(22-19(43(18)24(45)46-14(2)3)5-6-21(39-22)27(34,35)36)42(23(37)40-41-38-7-8-44)13-15-9-16(25(28,29)30)11-17(10-15)26(31,32)33/h5-6,9-11,14,18,20,44H,4,7-8,12-13H2,1-3H3,(H2,37,38,40). The van der Waals surface area contributed by atoms with Crippen LogP contribution in [0.3, 0.4) is 0 Å². The Labute approximate surface area is 256 Å². The number of fused-ring (bicyclic) bond motifs is 1. The van der Waals surface area contributed by atoms with Crippen LogP contribution in [-0.4, -0.2) is 52.3 Å². The Morgan fingerprint density at radius 3 is 2.17 bits per heavy atom. The molecule has 3 N–H and O–H groups in total. The lowest BCUT2D eigenvalue weighted by atomic mass is 9.91. The average molecular weight is 672 g/mol. The van der Waals surface area contributed by atoms with Crippen LogP contribution >= 0.6 is 0 Å². The molecule has 254 valence electrons. The Hall–Kier alpha value is -4.16. The Kier molecular flexibility index (Phi) is 11.1. The van der Waals surface area contributed by atoms with Crippen molar-refractivity contribution in [1.82, 2.24) is 9.88 Å². The van der Waals surface area contributed by atoms with E-state index < -0.39 is 90.0 Å². The van der Waals surface area contributed by atoms with Gasteiger partial charge < -0.3 is 20.5 Å². The summed E-state index contributed by atoms with van der Waals surface area (Å²) < 4.78 is 129. The smallest absolute Gasteiger partial charge is 0.433 e. The first kappa shape index (κ1) is 36.3. The van der Waals surface area contributed by atoms with Gasteiger partial charge in [0.1, 0.15) is 5.69 Å². The van der Waals surface area contributed by atoms with Gasteiger partial charge in [0.05, 0.1) is 47.8 Å². The number of guanidine groups is 1. The van der Waals surface area contributed by atoms with Crippen molar-refractivity contribution in [3.8, 4) is 0 Å². The molecule has 0 fully saturated rings. The number of nitrogens with zero attached hydrogens (tertiary/aromatic N) is 6. The van der Waals surface area contributed by atoms with Crippen molar-refractivity contribution in [2.75, 3.05) is 18.1 Å². The second-order valence-electron chi connectivity index (χ2n) is 10.4. The molecule has 0 radical (unpaired) electrons. The molecule has 0 saturated heterocycles. The number of hydrogen-bond donors (Lipinski definition) is 2. The highest BCUT2D eigenvalue weighted by atomic mass is 19.4. The van der Waals surface area contributed by atoms with Gasteiger partial charge in [-0.2, -0.15) is 44.6 Å². The van der Waals surface area contributed by atoms with Crippen molar-refractivity contribution >= 4 is 17.7 Å². The normalized spacial score (nSPS) is 17.9. The summed E-state index contributed by atoms with van der Waals surface area (Å²) in [7, 11) is 0. The molecule has 19 heteroatoms. The van der Waals surface area contributed by atoms with Crippen molar-refractivity contribution in [3.63, 3.8) is 0 Å². The van der Waals surface area contributed by atoms with Gasteiger partial charge in [0.15, 0.2) is 0 Å². The molecule has 1 aromatic carbocycles. The first-order chi connectivity index (χ1) is 21.3. The molecule has 10 nitrogen and oxygen atoms in total. The van der Waals surface area contributed by atoms with Crippen LogP contribution in [0.1, 0.15) is 67.7 Å². The minimum absolute atomic E-state index is 0.0766. The van der Waals surface area contributed by atoms with E-state index in [-0.39, 0.29) is 31.1 Å². The Bertz CT molecular complexity index is 1410. The molecule has 46 heavy (non-hydrogen) atoms. The second kappa shape index (κ2) is 14.1. The zero-order chi connectivity index (χ0) is 34.6. The van der Waals surface area contributed by atoms with Crippen LogP contribution < -0.4 is 10.6 Å². The molecular formula is C27H30F9N7O3. The monoisotopic (exact) mass is 671 g/mol. The molecule has 0 saturated carbocycles. The van der Waals surface area contributed by atoms with Gasteiger partial charge >= 0.3 is 24.6 Å². The van der Waals surface area contributed by atoms with Crippen molar-refractivity contribution in [1.29, 1.82) is 0 Å². The number of rotatable bonds is 8. The first-order valence-electron chi connectivity index (χ1n) is 13.7. The van der Waals surface area contributed by atoms with Gasteiger partial charge in [0, 0.05) is 12.6 Å². The Morgan fingerprint density at radius 2 is 1.67 bits per heavy atom. The fourth-order valence-corrected chi connectivity index (χ4v) is 4.76. The number of nitrogens with two attached hydrogens (primary N) is 1. The van der Waals surface area contributed by atoms with Crippen molar-refractivity contribution in [3.05, 3.63) is 58.4 Å². The summed E-state index contributed by atoms with van der Waals surface area (Å²) in [5.41, 5.74) is 0.312. The van der Waals surface area contributed by atoms with Gasteiger partial charge in [0.25, 0.3) is 0 Å². The van der Waals surface area contributed by atoms with Crippen LogP contribution in [0.25, 0.3) is 0 Å². The van der Waals surface area contributed by atoms with Gasteiger partial charge in [-0.25, -0.2) is 9.78 Å². The van der Waals surface area contributed by atoms with Crippen LogP contribution in [-0.2, 0) is 29.8 Å². The van der Waals surface area contributed by atoms with Gasteiger partial charge in [-0.05, 0) is 67.8 Å². The van der Waals surface area contributed by atoms with Crippen LogP contribution in [0.4, 0.5) is 50.0 Å². The Morgan fingerprint density at radius 1 is 1.07 bits per heavy atom. The van der Waals surface area contributed by atoms with Gasteiger partial charge in [-0.3, -0.25) is 4.90 Å². The highest BCUT2D eigenvalue weighted by Crippen LogP contribution is 2.44. The maximum Gasteiger partial charge on any atom is 0.433 e. The summed E-state index contributed by atoms with van der Waals surface area (Å²) in [4.78, 5) is 18.9. The molecule has 1 aliphatic heterocycles. The van der Waals surface area contributed by atoms with Crippen molar-refractivity contribution in [2.24, 2.45) is 21.2 Å². The summed E-state index contributed by atoms with van der Waals surface area (Å²) in [6, 6.07) is 0.210. The predicted octanol–water partition coefficient (Wildman–Crippen LogP) is 6.89. The fraction of sp³-hybridized carbons (Fsp3) is 0.519. The average Bonchev–Trinajstić information content (AvgIpc) is 2.95. The largest absolute Gasteiger partial charge is 0.446 e. The molecule has 1 amide bonds. The minimum Gasteiger partial charge on any atom is -0.446 e. The fourth-order valence-electron chi connectivity index (χ4n) is 4.76. The topological polar surface area (TPSA) is 129 Å². The van der Waals surface area contributed by atoms with Gasteiger partial charge in [-0.15, -0.1) is 0 Å². The molecule has 0 bridgehead atoms. The molecule has 3 rings (SSSR count). The summed E-state index contributed by atoms with van der Waals surface area (Å²) in [5.74, 6) is -0.657. The number of pyridine rings is 1. The third-order valence-corrected chi connectivity index (χ3v) is 6.71. The molecule has 2 aromatic rings. The number of amides is 1. The predicted molar refractivity (Wildman–Crippen MR) is 145 cm³/mol. The number of carbonyl (C=O) groups is 1. The number of aliphatic hydroxyl groups excluding tert-OH is 1. The van der Waals surface area contributed by atoms with Gasteiger partial charge in [0.2, 0.25) is 5.96 Å². The van der Waals surface area contributed by atoms with E-state index in [1.165, 1.54) is 0 Å². The van der Waals surface area contributed by atoms with E-state index in [1.807, 2.05) is 0 Å². The molecule has 1 aromatic heterocycles. The number of halogens is 9. The zero-order valence-corrected chi connectivity index (χ0v) is 24.6. The number of aliphatic hydroxyl groups is 1. The van der Waals surface area contributed by atoms with Crippen LogP contribution in [0.2, 0.25) is 0 Å². The first-order valence-corrected chi connectivity index (χ1v) is 13.7. The van der Waals surface area contributed by atoms with Gasteiger partial charge in [-0.1, -0.05) is 12.0 Å². The molecular weight excluding hydrogens is 641 g/mol. The number of anilines is 1. The minimum atomic E-state index is -5.19. The second-order valence-corrected chi connectivity index (χ2v) is 10.4. The summed E-state index contributed by atoms with van der Waals surface area (Å²) in [6.07, 6.45) is -17.0. The quantitative estimate of drug-likeness (QED) is 0.103. The zero-order valence-electron chi connectivity index (χ0n) is 24.6. The highest BCUT2D eigenvalue weighted by Gasteiger charge is 2.43. The molecule has 1 aliphatic rings. The van der Waals surface area contributed by atoms with Crippen LogP contribution in [0.5, 0.6) is 0 Å². The summed E-state index contributed by atoms with van der Waals surface area (Å²) >= 11 is 0. The highest BCUT2D eigenvalue weighted by molar-refractivity contribution is 5.90. The maximum atomic E-state index is 13.8. The number of carbonyl (C=O) groups excluding carboxylic acids is 1. The van der Waals surface area contributed by atoms with E-state index in [4.69, 9.17) is 15.6 Å². The third kappa shape index (κ3) is 8.76. The van der Waals surface area contributed by atoms with Crippen LogP contribution in [0.15, 0.2) is 45.8 Å². The summed E-state index contributed by atoms with van der Waals surface area (Å²) in [5, 5.41) is 19.5. The SMILES string of the molecule is CCC1CC(N(Cc2cc(C(F)(F)F)cc(C(F)(F)F)c2)C(N)=NN=NCCO)c2nc(C(F)(F)F)ccc2N1C(=O)OC(C)C. The van der Waals surface area contributed by atoms with E-state index in [2.05, 4.69) is 20.4 Å². The van der Waals surface area contributed by atoms with E-state index in [1.54, 1.807) is 20.8 Å². The third-order valence-electron chi connectivity index (χ3n) is 6.71. The lowest BCUT2D eigenvalue weighted by Gasteiger charge is -2.43. The molecule has 2 heterocycles. The van der Waals surface area contributed by atoms with Crippen molar-refractivity contribution in [2.45, 2.75) is 76.9 Å². The molecule has 2 unspecified atom stereocenters. The number of benzene rings is 1. The number of alkyl halides is 9. The van der Waals surface area contributed by atoms with E-state index >= 15 is 0 Å². The Balaban J connectivity index is 2.30. The summed E-state index contributed by atoms with van der Waals surface area (Å²) in [6.45, 7) is 3.21. The van der Waals surface area contributed by atoms with E-state index in [9.17, 15) is 44.3 Å². The lowest BCUT2D eigenvalue weighted by Crippen LogP contribution is -2.50. The van der Waals surface area contributed by atoms with E-state index in [0.29, 0.717) is 18.2 Å². The van der Waals surface area contributed by atoms with Crippen molar-refractivity contribution < 1.29 is 54.2 Å². The molecule has 0 aliphatic carbocycles. The number of aromatic nitrogens is 1. The van der Waals surface area contributed by atoms with E-state index in [0.717, 1.165) is 15.9 Å². The molecule has 2 atom stereocenters. The van der Waals surface area contributed by atoms with Crippen LogP contribution in [0, 0.1) is 0 Å². The number of ether oxygens (including phenoxy) is 1. The maximum absolute atomic E-state index is 13.8. The number of hydrogen-bond acceptors (Lipinski definition) is 6. The molecule has 0 spiro atoms.